The van der Waals surface area contributed by atoms with E-state index in [4.69, 9.17) is 15.6 Å². The Hall–Kier alpha value is -0.670. The lowest BCUT2D eigenvalue weighted by atomic mass is 9.98. The summed E-state index contributed by atoms with van der Waals surface area (Å²) in [5.74, 6) is -0.130. The van der Waals surface area contributed by atoms with Gasteiger partial charge in [0.25, 0.3) is 0 Å². The Kier molecular flexibility index (Phi) is 7.50. The van der Waals surface area contributed by atoms with E-state index in [9.17, 15) is 14.7 Å². The van der Waals surface area contributed by atoms with Crippen LogP contribution in [-0.4, -0.2) is 28.0 Å². The molecule has 0 heterocycles. The molecule has 2 rings (SSSR count). The standard InChI is InChI=1S/C17H14I3NO5/c1-7(22)14-8(5-12(21)17(24)25)4-11(19)16(15(14)20)26-9-2-3-13(23)10(18)6-9/h2-4,6,12,23H,5,21H2,1H3,(H,24,25). The van der Waals surface area contributed by atoms with Gasteiger partial charge in [0.15, 0.2) is 11.5 Å². The number of benzene rings is 2. The number of halogens is 3. The van der Waals surface area contributed by atoms with Crippen molar-refractivity contribution < 1.29 is 24.5 Å². The number of carboxylic acid groups (broad SMARTS) is 1. The number of phenolic OH excluding ortho intramolecular Hbond substituents is 1. The third-order valence-electron chi connectivity index (χ3n) is 3.51. The number of ether oxygens (including phenoxy) is 1. The maximum absolute atomic E-state index is 12.2. The molecule has 4 N–H and O–H groups in total. The number of hydrogen-bond donors (Lipinski definition) is 3. The van der Waals surface area contributed by atoms with Gasteiger partial charge in [0, 0.05) is 5.56 Å². The second-order valence-corrected chi connectivity index (χ2v) is 8.86. The molecule has 0 radical (unpaired) electrons. The average molecular weight is 693 g/mol. The van der Waals surface area contributed by atoms with Gasteiger partial charge in [0.2, 0.25) is 0 Å². The van der Waals surface area contributed by atoms with E-state index in [1.165, 1.54) is 13.0 Å². The molecule has 2 aromatic carbocycles. The van der Waals surface area contributed by atoms with Crippen molar-refractivity contribution in [1.29, 1.82) is 0 Å². The maximum atomic E-state index is 12.2. The molecule has 1 atom stereocenters. The number of rotatable bonds is 6. The molecule has 26 heavy (non-hydrogen) atoms. The van der Waals surface area contributed by atoms with Gasteiger partial charge in [0.1, 0.15) is 17.5 Å². The molecule has 0 spiro atoms. The monoisotopic (exact) mass is 693 g/mol. The minimum absolute atomic E-state index is 0.0492. The molecule has 6 nitrogen and oxygen atoms in total. The molecule has 0 aromatic heterocycles. The Labute approximate surface area is 190 Å². The van der Waals surface area contributed by atoms with Crippen molar-refractivity contribution >= 4 is 79.5 Å². The van der Waals surface area contributed by atoms with E-state index in [0.29, 0.717) is 29.8 Å². The van der Waals surface area contributed by atoms with Crippen LogP contribution in [0, 0.1) is 10.7 Å². The summed E-state index contributed by atoms with van der Waals surface area (Å²) in [5.41, 5.74) is 6.62. The van der Waals surface area contributed by atoms with E-state index in [2.05, 4.69) is 22.6 Å². The summed E-state index contributed by atoms with van der Waals surface area (Å²) in [6.07, 6.45) is 0.0492. The molecule has 1 unspecified atom stereocenters. The number of phenols is 1. The van der Waals surface area contributed by atoms with Crippen LogP contribution in [0.1, 0.15) is 22.8 Å². The first kappa shape index (κ1) is 21.6. The average Bonchev–Trinajstić information content (AvgIpc) is 2.54. The minimum Gasteiger partial charge on any atom is -0.507 e. The lowest BCUT2D eigenvalue weighted by Crippen LogP contribution is -2.33. The van der Waals surface area contributed by atoms with E-state index < -0.39 is 12.0 Å². The molecule has 2 aromatic rings. The fourth-order valence-corrected chi connectivity index (χ4v) is 5.16. The van der Waals surface area contributed by atoms with Crippen molar-refractivity contribution in [1.82, 2.24) is 0 Å². The normalized spacial score (nSPS) is 11.9. The van der Waals surface area contributed by atoms with Gasteiger partial charge in [-0.25, -0.2) is 0 Å². The SMILES string of the molecule is CC(=O)c1c(CC(N)C(=O)O)cc(I)c(Oc2ccc(O)c(I)c2)c1I. The highest BCUT2D eigenvalue weighted by atomic mass is 127. The van der Waals surface area contributed by atoms with Gasteiger partial charge in [-0.3, -0.25) is 9.59 Å². The largest absolute Gasteiger partial charge is 0.507 e. The zero-order chi connectivity index (χ0) is 19.6. The fraction of sp³-hybridized carbons (Fsp3) is 0.176. The van der Waals surface area contributed by atoms with Crippen LogP contribution in [0.3, 0.4) is 0 Å². The molecule has 9 heteroatoms. The molecular formula is C17H14I3NO5. The first-order valence-corrected chi connectivity index (χ1v) is 10.5. The summed E-state index contributed by atoms with van der Waals surface area (Å²) in [5, 5.41) is 18.7. The molecule has 0 bridgehead atoms. The quantitative estimate of drug-likeness (QED) is 0.310. The van der Waals surface area contributed by atoms with Gasteiger partial charge >= 0.3 is 5.97 Å². The predicted molar refractivity (Wildman–Crippen MR) is 122 cm³/mol. The number of aromatic hydroxyl groups is 1. The molecular weight excluding hydrogens is 679 g/mol. The van der Waals surface area contributed by atoms with E-state index in [-0.39, 0.29) is 18.0 Å². The second-order valence-electron chi connectivity index (χ2n) is 5.46. The van der Waals surface area contributed by atoms with Gasteiger partial charge in [0.05, 0.1) is 10.7 Å². The Morgan fingerprint density at radius 3 is 2.38 bits per heavy atom. The zero-order valence-electron chi connectivity index (χ0n) is 13.4. The molecule has 0 aliphatic rings. The van der Waals surface area contributed by atoms with Crippen molar-refractivity contribution in [3.05, 3.63) is 46.1 Å². The van der Waals surface area contributed by atoms with Crippen LogP contribution in [0.5, 0.6) is 17.2 Å². The number of hydrogen-bond acceptors (Lipinski definition) is 5. The highest BCUT2D eigenvalue weighted by Gasteiger charge is 2.23. The highest BCUT2D eigenvalue weighted by Crippen LogP contribution is 2.37. The lowest BCUT2D eigenvalue weighted by molar-refractivity contribution is -0.138. The van der Waals surface area contributed by atoms with Crippen LogP contribution in [0.2, 0.25) is 0 Å². The number of Topliss-reactive ketones (excluding diaryl/α,β-unsaturated/α-hetero) is 1. The summed E-state index contributed by atoms with van der Waals surface area (Å²) in [6, 6.07) is 5.48. The number of carboxylic acids is 1. The number of ketones is 1. The topological polar surface area (TPSA) is 110 Å². The molecule has 0 fully saturated rings. The van der Waals surface area contributed by atoms with Crippen LogP contribution < -0.4 is 10.5 Å². The molecule has 0 saturated carbocycles. The number of carbonyl (C=O) groups excluding carboxylic acids is 1. The van der Waals surface area contributed by atoms with Crippen molar-refractivity contribution in [2.45, 2.75) is 19.4 Å². The number of carbonyl (C=O) groups is 2. The molecule has 0 aliphatic carbocycles. The van der Waals surface area contributed by atoms with Crippen molar-refractivity contribution in [3.63, 3.8) is 0 Å². The third kappa shape index (κ3) is 4.98. The van der Waals surface area contributed by atoms with Gasteiger partial charge in [-0.2, -0.15) is 0 Å². The molecule has 0 aliphatic heterocycles. The van der Waals surface area contributed by atoms with E-state index in [1.807, 2.05) is 45.2 Å². The third-order valence-corrected chi connectivity index (χ3v) is 6.20. The van der Waals surface area contributed by atoms with Gasteiger partial charge in [-0.1, -0.05) is 0 Å². The maximum Gasteiger partial charge on any atom is 0.320 e. The summed E-state index contributed by atoms with van der Waals surface area (Å²) < 4.78 is 7.91. The van der Waals surface area contributed by atoms with E-state index in [1.54, 1.807) is 18.2 Å². The second kappa shape index (κ2) is 9.01. The smallest absolute Gasteiger partial charge is 0.320 e. The van der Waals surface area contributed by atoms with Gasteiger partial charge < -0.3 is 20.7 Å². The van der Waals surface area contributed by atoms with Gasteiger partial charge in [-0.15, -0.1) is 0 Å². The van der Waals surface area contributed by atoms with Crippen LogP contribution in [0.25, 0.3) is 0 Å². The summed E-state index contributed by atoms with van der Waals surface area (Å²) in [6.45, 7) is 1.42. The first-order valence-electron chi connectivity index (χ1n) is 7.28. The Morgan fingerprint density at radius 2 is 1.85 bits per heavy atom. The molecule has 0 amide bonds. The zero-order valence-corrected chi connectivity index (χ0v) is 19.9. The van der Waals surface area contributed by atoms with Crippen molar-refractivity contribution in [2.75, 3.05) is 0 Å². The Balaban J connectivity index is 2.51. The van der Waals surface area contributed by atoms with Crippen molar-refractivity contribution in [3.8, 4) is 17.2 Å². The van der Waals surface area contributed by atoms with E-state index >= 15 is 0 Å². The van der Waals surface area contributed by atoms with Crippen LogP contribution in [-0.2, 0) is 11.2 Å². The molecule has 0 saturated heterocycles. The van der Waals surface area contributed by atoms with Crippen molar-refractivity contribution in [2.24, 2.45) is 5.73 Å². The highest BCUT2D eigenvalue weighted by molar-refractivity contribution is 14.1. The summed E-state index contributed by atoms with van der Waals surface area (Å²) in [4.78, 5) is 23.2. The van der Waals surface area contributed by atoms with Gasteiger partial charge in [-0.05, 0) is 111 Å². The van der Waals surface area contributed by atoms with Crippen LogP contribution >= 0.6 is 67.8 Å². The Bertz CT molecular complexity index is 885. The van der Waals surface area contributed by atoms with Crippen LogP contribution in [0.15, 0.2) is 24.3 Å². The summed E-state index contributed by atoms with van der Waals surface area (Å²) in [7, 11) is 0. The lowest BCUT2D eigenvalue weighted by Gasteiger charge is -2.17. The van der Waals surface area contributed by atoms with E-state index in [0.717, 1.165) is 3.57 Å². The summed E-state index contributed by atoms with van der Waals surface area (Å²) >= 11 is 6.10. The Morgan fingerprint density at radius 1 is 1.19 bits per heavy atom. The number of nitrogens with two attached hydrogens (primary N) is 1. The first-order chi connectivity index (χ1) is 12.1. The minimum atomic E-state index is -1.12. The predicted octanol–water partition coefficient (Wildman–Crippen LogP) is 4.16. The number of aliphatic carboxylic acids is 1. The molecule has 138 valence electrons. The van der Waals surface area contributed by atoms with Crippen LogP contribution in [0.4, 0.5) is 0 Å². The fourth-order valence-electron chi connectivity index (χ4n) is 2.28.